The first-order chi connectivity index (χ1) is 8.84. The predicted octanol–water partition coefficient (Wildman–Crippen LogP) is 0.538. The highest BCUT2D eigenvalue weighted by molar-refractivity contribution is 7.85. The molecule has 0 heterocycles. The number of rotatable bonds is 5. The van der Waals surface area contributed by atoms with E-state index < -0.39 is 10.1 Å². The average Bonchev–Trinajstić information content (AvgIpc) is 2.33. The van der Waals surface area contributed by atoms with Crippen LogP contribution in [0, 0.1) is 13.8 Å². The lowest BCUT2D eigenvalue weighted by molar-refractivity contribution is 0.0650. The molecule has 110 valence electrons. The number of hydrogen-bond acceptors (Lipinski definition) is 5. The fourth-order valence-corrected chi connectivity index (χ4v) is 2.03. The summed E-state index contributed by atoms with van der Waals surface area (Å²) in [5.74, 6) is 0. The minimum atomic E-state index is -4.06. The van der Waals surface area contributed by atoms with Crippen molar-refractivity contribution in [3.8, 4) is 0 Å². The number of aliphatic hydroxyl groups excluding tert-OH is 2. The number of hydrogen-bond donors (Lipinski definition) is 3. The Kier molecular flexibility index (Phi) is 8.53. The molecule has 0 atom stereocenters. The molecule has 0 amide bonds. The molecule has 0 saturated carbocycles. The highest BCUT2D eigenvalue weighted by Gasteiger charge is 2.12. The second-order valence-corrected chi connectivity index (χ2v) is 5.12. The van der Waals surface area contributed by atoms with Crippen LogP contribution in [0.2, 0.25) is 0 Å². The molecule has 3 N–H and O–H groups in total. The van der Waals surface area contributed by atoms with E-state index in [9.17, 15) is 8.42 Å². The second kappa shape index (κ2) is 9.00. The van der Waals surface area contributed by atoms with Gasteiger partial charge in [0, 0.05) is 0 Å². The molecular weight excluding hydrogens is 272 g/mol. The van der Waals surface area contributed by atoms with E-state index in [4.69, 9.17) is 14.8 Å². The van der Waals surface area contributed by atoms with Gasteiger partial charge >= 0.3 is 0 Å². The van der Waals surface area contributed by atoms with Gasteiger partial charge in [0.15, 0.2) is 0 Å². The Hall–Kier alpha value is -0.990. The van der Waals surface area contributed by atoms with E-state index in [1.807, 2.05) is 0 Å². The van der Waals surface area contributed by atoms with Crippen molar-refractivity contribution in [3.63, 3.8) is 0 Å². The summed E-state index contributed by atoms with van der Waals surface area (Å²) in [6.45, 7) is 4.16. The molecular formula is C12H20O6S. The van der Waals surface area contributed by atoms with Crippen LogP contribution in [0.15, 0.2) is 23.1 Å². The minimum Gasteiger partial charge on any atom is -0.394 e. The van der Waals surface area contributed by atoms with Crippen LogP contribution in [0.3, 0.4) is 0 Å². The molecule has 0 fully saturated rings. The van der Waals surface area contributed by atoms with E-state index >= 15 is 0 Å². The first-order valence-corrected chi connectivity index (χ1v) is 7.11. The lowest BCUT2D eigenvalue weighted by Crippen LogP contribution is -2.03. The monoisotopic (exact) mass is 292 g/mol. The Morgan fingerprint density at radius 2 is 1.63 bits per heavy atom. The standard InChI is InChI=1S/C8H10O3S.C4H10O3/c1-6-4-3-5-8(7(6)2)12(9,10)11;5-1-3-7-4-2-6/h3-5H,1-2H3,(H,9,10,11);5-6H,1-4H2. The Morgan fingerprint density at radius 3 is 2.00 bits per heavy atom. The molecule has 6 nitrogen and oxygen atoms in total. The summed E-state index contributed by atoms with van der Waals surface area (Å²) in [4.78, 5) is -0.0116. The van der Waals surface area contributed by atoms with E-state index in [0.29, 0.717) is 18.8 Å². The van der Waals surface area contributed by atoms with Gasteiger partial charge in [0.1, 0.15) is 0 Å². The molecule has 0 spiro atoms. The molecule has 0 saturated heterocycles. The molecule has 0 aliphatic heterocycles. The van der Waals surface area contributed by atoms with Gasteiger partial charge in [0.05, 0.1) is 31.3 Å². The van der Waals surface area contributed by atoms with Gasteiger partial charge in [-0.15, -0.1) is 0 Å². The van der Waals surface area contributed by atoms with Gasteiger partial charge in [-0.2, -0.15) is 8.42 Å². The van der Waals surface area contributed by atoms with E-state index in [1.54, 1.807) is 26.0 Å². The van der Waals surface area contributed by atoms with Crippen LogP contribution in [0.1, 0.15) is 11.1 Å². The normalized spacial score (nSPS) is 10.8. The lowest BCUT2D eigenvalue weighted by atomic mass is 10.1. The lowest BCUT2D eigenvalue weighted by Gasteiger charge is -2.03. The fourth-order valence-electron chi connectivity index (χ4n) is 1.23. The summed E-state index contributed by atoms with van der Waals surface area (Å²) in [7, 11) is -4.06. The topological polar surface area (TPSA) is 104 Å². The van der Waals surface area contributed by atoms with Gasteiger partial charge in [0.2, 0.25) is 0 Å². The quantitative estimate of drug-likeness (QED) is 0.540. The van der Waals surface area contributed by atoms with E-state index in [0.717, 1.165) is 5.56 Å². The molecule has 0 aromatic heterocycles. The summed E-state index contributed by atoms with van der Waals surface area (Å²) >= 11 is 0. The molecule has 1 aromatic rings. The van der Waals surface area contributed by atoms with Gasteiger partial charge in [-0.25, -0.2) is 0 Å². The van der Waals surface area contributed by atoms with Gasteiger partial charge in [-0.1, -0.05) is 12.1 Å². The Balaban J connectivity index is 0.000000399. The molecule has 0 bridgehead atoms. The van der Waals surface area contributed by atoms with E-state index in [-0.39, 0.29) is 18.1 Å². The molecule has 0 radical (unpaired) electrons. The summed E-state index contributed by atoms with van der Waals surface area (Å²) in [6.07, 6.45) is 0. The number of aliphatic hydroxyl groups is 2. The van der Waals surface area contributed by atoms with Crippen molar-refractivity contribution >= 4 is 10.1 Å². The van der Waals surface area contributed by atoms with Crippen LogP contribution in [-0.4, -0.2) is 49.6 Å². The van der Waals surface area contributed by atoms with E-state index in [1.165, 1.54) is 6.07 Å². The zero-order valence-corrected chi connectivity index (χ0v) is 11.9. The van der Waals surface area contributed by atoms with Gasteiger partial charge < -0.3 is 14.9 Å². The third-order valence-electron chi connectivity index (χ3n) is 2.30. The first-order valence-electron chi connectivity index (χ1n) is 5.67. The maximum absolute atomic E-state index is 10.8. The van der Waals surface area contributed by atoms with Crippen molar-refractivity contribution in [2.75, 3.05) is 26.4 Å². The van der Waals surface area contributed by atoms with Crippen molar-refractivity contribution in [2.45, 2.75) is 18.7 Å². The highest BCUT2D eigenvalue weighted by Crippen LogP contribution is 2.17. The predicted molar refractivity (Wildman–Crippen MR) is 70.7 cm³/mol. The minimum absolute atomic E-state index is 0.0116. The summed E-state index contributed by atoms with van der Waals surface area (Å²) in [6, 6.07) is 4.78. The van der Waals surface area contributed by atoms with Crippen LogP contribution in [0.5, 0.6) is 0 Å². The first kappa shape index (κ1) is 18.0. The molecule has 7 heteroatoms. The average molecular weight is 292 g/mol. The highest BCUT2D eigenvalue weighted by atomic mass is 32.2. The molecule has 0 aliphatic rings. The van der Waals surface area contributed by atoms with Gasteiger partial charge in [-0.3, -0.25) is 4.55 Å². The second-order valence-electron chi connectivity index (χ2n) is 3.73. The summed E-state index contributed by atoms with van der Waals surface area (Å²) in [5.41, 5.74) is 1.45. The van der Waals surface area contributed by atoms with Crippen LogP contribution >= 0.6 is 0 Å². The van der Waals surface area contributed by atoms with Crippen molar-refractivity contribution in [1.29, 1.82) is 0 Å². The third-order valence-corrected chi connectivity index (χ3v) is 3.30. The van der Waals surface area contributed by atoms with Crippen LogP contribution in [-0.2, 0) is 14.9 Å². The van der Waals surface area contributed by atoms with Crippen LogP contribution in [0.4, 0.5) is 0 Å². The van der Waals surface area contributed by atoms with Crippen molar-refractivity contribution in [3.05, 3.63) is 29.3 Å². The third kappa shape index (κ3) is 7.24. The zero-order chi connectivity index (χ0) is 14.9. The number of benzene rings is 1. The maximum atomic E-state index is 10.8. The zero-order valence-electron chi connectivity index (χ0n) is 11.0. The fraction of sp³-hybridized carbons (Fsp3) is 0.500. The van der Waals surface area contributed by atoms with Crippen molar-refractivity contribution in [1.82, 2.24) is 0 Å². The van der Waals surface area contributed by atoms with Gasteiger partial charge in [-0.05, 0) is 31.0 Å². The Labute approximate surface area is 113 Å². The van der Waals surface area contributed by atoms with E-state index in [2.05, 4.69) is 4.74 Å². The van der Waals surface area contributed by atoms with Crippen LogP contribution in [0.25, 0.3) is 0 Å². The molecule has 0 aliphatic carbocycles. The van der Waals surface area contributed by atoms with Crippen LogP contribution < -0.4 is 0 Å². The smallest absolute Gasteiger partial charge is 0.294 e. The van der Waals surface area contributed by atoms with Gasteiger partial charge in [0.25, 0.3) is 10.1 Å². The number of aryl methyl sites for hydroxylation is 1. The Bertz CT molecular complexity index is 465. The maximum Gasteiger partial charge on any atom is 0.294 e. The summed E-state index contributed by atoms with van der Waals surface area (Å²) < 4.78 is 34.9. The summed E-state index contributed by atoms with van der Waals surface area (Å²) in [5, 5.41) is 16.2. The molecule has 0 unspecified atom stereocenters. The molecule has 19 heavy (non-hydrogen) atoms. The Morgan fingerprint density at radius 1 is 1.11 bits per heavy atom. The molecule has 1 aromatic carbocycles. The number of ether oxygens (including phenoxy) is 1. The largest absolute Gasteiger partial charge is 0.394 e. The van der Waals surface area contributed by atoms with Crippen molar-refractivity contribution in [2.24, 2.45) is 0 Å². The van der Waals surface area contributed by atoms with Crippen molar-refractivity contribution < 1.29 is 27.9 Å². The SMILES string of the molecule is Cc1cccc(S(=O)(=O)O)c1C.OCCOCCO. The molecule has 1 rings (SSSR count).